The summed E-state index contributed by atoms with van der Waals surface area (Å²) in [7, 11) is -0.808. The molecule has 0 aliphatic rings. The minimum absolute atomic E-state index is 0.0174. The van der Waals surface area contributed by atoms with E-state index >= 15 is 0 Å². The number of amides is 1. The second-order valence-electron chi connectivity index (χ2n) is 2.98. The van der Waals surface area contributed by atoms with Gasteiger partial charge < -0.3 is 10.6 Å². The van der Waals surface area contributed by atoms with Gasteiger partial charge in [0, 0.05) is 35.4 Å². The fourth-order valence-corrected chi connectivity index (χ4v) is 1.76. The minimum Gasteiger partial charge on any atom is -0.355 e. The molecule has 2 N–H and O–H groups in total. The molecular weight excluding hydrogens is 188 g/mol. The predicted molar refractivity (Wildman–Crippen MR) is 55.1 cm³/mol. The zero-order valence-corrected chi connectivity index (χ0v) is 9.24. The average Bonchev–Trinajstić information content (AvgIpc) is 2.00. The first-order valence-corrected chi connectivity index (χ1v) is 6.09. The van der Waals surface area contributed by atoms with E-state index in [1.54, 1.807) is 6.26 Å². The van der Waals surface area contributed by atoms with Gasteiger partial charge in [0.15, 0.2) is 0 Å². The number of nitrogens with one attached hydrogen (secondary N) is 2. The number of carbonyl (C=O) groups excluding carboxylic acids is 1. The molecule has 0 radical (unpaired) electrons. The SMILES string of the molecule is CCNC(=O)CNC(C)CS(C)=O. The number of hydrogen-bond acceptors (Lipinski definition) is 3. The van der Waals surface area contributed by atoms with Gasteiger partial charge >= 0.3 is 0 Å². The second kappa shape index (κ2) is 7.03. The maximum absolute atomic E-state index is 11.0. The normalized spacial score (nSPS) is 15.0. The van der Waals surface area contributed by atoms with Crippen LogP contribution in [0.1, 0.15) is 13.8 Å². The van der Waals surface area contributed by atoms with Gasteiger partial charge in [0.25, 0.3) is 0 Å². The molecular formula is C8H18N2O2S. The quantitative estimate of drug-likeness (QED) is 0.615. The van der Waals surface area contributed by atoms with Crippen molar-refractivity contribution >= 4 is 16.7 Å². The van der Waals surface area contributed by atoms with E-state index in [9.17, 15) is 9.00 Å². The summed E-state index contributed by atoms with van der Waals surface area (Å²) in [6.45, 7) is 4.74. The van der Waals surface area contributed by atoms with Gasteiger partial charge in [0.2, 0.25) is 5.91 Å². The standard InChI is InChI=1S/C8H18N2O2S/c1-4-9-8(11)5-10-7(2)6-13(3)12/h7,10H,4-6H2,1-3H3,(H,9,11). The van der Waals surface area contributed by atoms with Gasteiger partial charge in [0.1, 0.15) is 0 Å². The van der Waals surface area contributed by atoms with Crippen LogP contribution in [0.2, 0.25) is 0 Å². The van der Waals surface area contributed by atoms with Gasteiger partial charge in [-0.2, -0.15) is 0 Å². The molecule has 0 saturated carbocycles. The van der Waals surface area contributed by atoms with Crippen molar-refractivity contribution in [2.24, 2.45) is 0 Å². The van der Waals surface area contributed by atoms with Crippen LogP contribution in [0.5, 0.6) is 0 Å². The summed E-state index contributed by atoms with van der Waals surface area (Å²) in [5, 5.41) is 5.67. The maximum atomic E-state index is 11.0. The van der Waals surface area contributed by atoms with Crippen LogP contribution in [0.4, 0.5) is 0 Å². The third-order valence-corrected chi connectivity index (χ3v) is 2.44. The molecule has 78 valence electrons. The molecule has 4 nitrogen and oxygen atoms in total. The molecule has 0 aromatic rings. The molecule has 0 heterocycles. The summed E-state index contributed by atoms with van der Waals surface area (Å²) >= 11 is 0. The van der Waals surface area contributed by atoms with Crippen molar-refractivity contribution in [2.75, 3.05) is 25.1 Å². The first-order valence-electron chi connectivity index (χ1n) is 4.36. The first kappa shape index (κ1) is 12.6. The molecule has 0 rings (SSSR count). The fraction of sp³-hybridized carbons (Fsp3) is 0.875. The highest BCUT2D eigenvalue weighted by molar-refractivity contribution is 7.84. The average molecular weight is 206 g/mol. The predicted octanol–water partition coefficient (Wildman–Crippen LogP) is -0.521. The molecule has 0 fully saturated rings. The Morgan fingerprint density at radius 2 is 2.15 bits per heavy atom. The second-order valence-corrected chi connectivity index (χ2v) is 4.46. The fourth-order valence-electron chi connectivity index (χ4n) is 0.938. The van der Waals surface area contributed by atoms with Crippen LogP contribution >= 0.6 is 0 Å². The zero-order chi connectivity index (χ0) is 10.3. The van der Waals surface area contributed by atoms with E-state index < -0.39 is 10.8 Å². The van der Waals surface area contributed by atoms with E-state index in [1.165, 1.54) is 0 Å². The molecule has 0 aliphatic carbocycles. The van der Waals surface area contributed by atoms with Crippen molar-refractivity contribution in [2.45, 2.75) is 19.9 Å². The van der Waals surface area contributed by atoms with E-state index in [2.05, 4.69) is 10.6 Å². The highest BCUT2D eigenvalue weighted by Crippen LogP contribution is 1.84. The third-order valence-electron chi connectivity index (χ3n) is 1.47. The summed E-state index contributed by atoms with van der Waals surface area (Å²) in [4.78, 5) is 11.0. The Balaban J connectivity index is 3.51. The molecule has 0 spiro atoms. The largest absolute Gasteiger partial charge is 0.355 e. The molecule has 0 saturated heterocycles. The summed E-state index contributed by atoms with van der Waals surface area (Å²) in [6, 6.07) is 0.119. The van der Waals surface area contributed by atoms with E-state index in [-0.39, 0.29) is 11.9 Å². The third kappa shape index (κ3) is 7.93. The summed E-state index contributed by atoms with van der Waals surface area (Å²) in [5.41, 5.74) is 0. The lowest BCUT2D eigenvalue weighted by molar-refractivity contribution is -0.120. The van der Waals surface area contributed by atoms with Crippen molar-refractivity contribution in [1.29, 1.82) is 0 Å². The van der Waals surface area contributed by atoms with E-state index in [0.29, 0.717) is 18.8 Å². The van der Waals surface area contributed by atoms with Gasteiger partial charge in [0.05, 0.1) is 6.54 Å². The molecule has 2 atom stereocenters. The van der Waals surface area contributed by atoms with Gasteiger partial charge in [-0.15, -0.1) is 0 Å². The number of likely N-dealkylation sites (N-methyl/N-ethyl adjacent to an activating group) is 1. The Hall–Kier alpha value is -0.420. The lowest BCUT2D eigenvalue weighted by atomic mass is 10.4. The lowest BCUT2D eigenvalue weighted by Crippen LogP contribution is -2.39. The van der Waals surface area contributed by atoms with Crippen LogP contribution in [0.15, 0.2) is 0 Å². The van der Waals surface area contributed by atoms with Gasteiger partial charge in [-0.3, -0.25) is 9.00 Å². The van der Waals surface area contributed by atoms with Crippen molar-refractivity contribution < 1.29 is 9.00 Å². The van der Waals surface area contributed by atoms with Crippen LogP contribution in [-0.4, -0.2) is 41.3 Å². The molecule has 2 unspecified atom stereocenters. The highest BCUT2D eigenvalue weighted by Gasteiger charge is 2.05. The van der Waals surface area contributed by atoms with Crippen LogP contribution in [-0.2, 0) is 15.6 Å². The highest BCUT2D eigenvalue weighted by atomic mass is 32.2. The number of hydrogen-bond donors (Lipinski definition) is 2. The van der Waals surface area contributed by atoms with Crippen LogP contribution in [0, 0.1) is 0 Å². The Morgan fingerprint density at radius 3 is 2.62 bits per heavy atom. The Morgan fingerprint density at radius 1 is 1.54 bits per heavy atom. The van der Waals surface area contributed by atoms with Crippen molar-refractivity contribution in [3.05, 3.63) is 0 Å². The number of carbonyl (C=O) groups is 1. The monoisotopic (exact) mass is 206 g/mol. The number of rotatable bonds is 6. The molecule has 13 heavy (non-hydrogen) atoms. The van der Waals surface area contributed by atoms with E-state index in [0.717, 1.165) is 0 Å². The molecule has 0 aliphatic heterocycles. The molecule has 0 bridgehead atoms. The van der Waals surface area contributed by atoms with Crippen LogP contribution < -0.4 is 10.6 Å². The summed E-state index contributed by atoms with van der Waals surface area (Å²) in [6.07, 6.45) is 1.66. The van der Waals surface area contributed by atoms with Crippen molar-refractivity contribution in [1.82, 2.24) is 10.6 Å². The van der Waals surface area contributed by atoms with E-state index in [4.69, 9.17) is 0 Å². The van der Waals surface area contributed by atoms with E-state index in [1.807, 2.05) is 13.8 Å². The molecule has 5 heteroatoms. The van der Waals surface area contributed by atoms with Gasteiger partial charge in [-0.1, -0.05) is 0 Å². The summed E-state index contributed by atoms with van der Waals surface area (Å²) < 4.78 is 10.8. The van der Waals surface area contributed by atoms with Crippen LogP contribution in [0.25, 0.3) is 0 Å². The van der Waals surface area contributed by atoms with Crippen LogP contribution in [0.3, 0.4) is 0 Å². The maximum Gasteiger partial charge on any atom is 0.233 e. The first-order chi connectivity index (χ1) is 6.06. The van der Waals surface area contributed by atoms with Crippen molar-refractivity contribution in [3.8, 4) is 0 Å². The van der Waals surface area contributed by atoms with Gasteiger partial charge in [-0.05, 0) is 13.8 Å². The minimum atomic E-state index is -0.808. The molecule has 0 aromatic heterocycles. The molecule has 1 amide bonds. The van der Waals surface area contributed by atoms with Gasteiger partial charge in [-0.25, -0.2) is 0 Å². The smallest absolute Gasteiger partial charge is 0.233 e. The summed E-state index contributed by atoms with van der Waals surface area (Å²) in [5.74, 6) is 0.565. The Kier molecular flexibility index (Phi) is 6.80. The topological polar surface area (TPSA) is 58.2 Å². The zero-order valence-electron chi connectivity index (χ0n) is 8.42. The van der Waals surface area contributed by atoms with Crippen molar-refractivity contribution in [3.63, 3.8) is 0 Å². The lowest BCUT2D eigenvalue weighted by Gasteiger charge is -2.11. The molecule has 0 aromatic carbocycles. The Bertz CT molecular complexity index is 185. The Labute approximate surface area is 81.9 Å².